The Morgan fingerprint density at radius 1 is 0.667 bits per heavy atom. The topological polar surface area (TPSA) is 26.0 Å². The highest BCUT2D eigenvalue weighted by Crippen LogP contribution is 2.43. The first-order valence-electron chi connectivity index (χ1n) is 8.34. The molecule has 1 nitrogen and oxygen atoms in total. The van der Waals surface area contributed by atoms with Crippen molar-refractivity contribution in [3.8, 4) is 0 Å². The molecule has 2 heteroatoms. The van der Waals surface area contributed by atoms with Crippen molar-refractivity contribution in [1.82, 2.24) is 0 Å². The van der Waals surface area contributed by atoms with E-state index in [0.29, 0.717) is 6.54 Å². The van der Waals surface area contributed by atoms with Gasteiger partial charge < -0.3 is 5.73 Å². The summed E-state index contributed by atoms with van der Waals surface area (Å²) in [6.07, 6.45) is 1.91. The predicted octanol–water partition coefficient (Wildman–Crippen LogP) is 5.41. The molecule has 0 fully saturated rings. The van der Waals surface area contributed by atoms with Crippen LogP contribution in [0.5, 0.6) is 0 Å². The van der Waals surface area contributed by atoms with E-state index in [0.717, 1.165) is 17.9 Å². The van der Waals surface area contributed by atoms with E-state index in [1.807, 2.05) is 12.1 Å². The maximum Gasteiger partial charge on any atom is 0.0451 e. The van der Waals surface area contributed by atoms with E-state index in [1.54, 1.807) is 0 Å². The van der Waals surface area contributed by atoms with Crippen LogP contribution in [0, 0.1) is 0 Å². The minimum Gasteiger partial charge on any atom is -0.330 e. The van der Waals surface area contributed by atoms with Gasteiger partial charge in [-0.15, -0.1) is 0 Å². The van der Waals surface area contributed by atoms with Crippen LogP contribution in [-0.4, -0.2) is 6.54 Å². The first-order chi connectivity index (χ1) is 11.8. The van der Waals surface area contributed by atoms with Crippen LogP contribution in [0.4, 0.5) is 0 Å². The molecule has 0 saturated carbocycles. The summed E-state index contributed by atoms with van der Waals surface area (Å²) in [6.45, 7) is 0.676. The Bertz CT molecular complexity index is 711. The Morgan fingerprint density at radius 3 is 1.58 bits per heavy atom. The summed E-state index contributed by atoms with van der Waals surface area (Å²) in [5.41, 5.74) is 9.47. The highest BCUT2D eigenvalue weighted by Gasteiger charge is 2.35. The molecule has 0 aliphatic rings. The van der Waals surface area contributed by atoms with Gasteiger partial charge in [0.1, 0.15) is 0 Å². The average Bonchev–Trinajstić information content (AvgIpc) is 2.65. The molecule has 0 spiro atoms. The zero-order valence-electron chi connectivity index (χ0n) is 13.7. The van der Waals surface area contributed by atoms with Crippen molar-refractivity contribution in [2.75, 3.05) is 6.54 Å². The van der Waals surface area contributed by atoms with Gasteiger partial charge in [0.2, 0.25) is 0 Å². The molecule has 0 atom stereocenters. The minimum absolute atomic E-state index is 0.216. The third-order valence-electron chi connectivity index (χ3n) is 4.63. The molecule has 0 heterocycles. The number of nitrogens with two attached hydrogens (primary N) is 1. The van der Waals surface area contributed by atoms with Gasteiger partial charge in [0, 0.05) is 10.4 Å². The van der Waals surface area contributed by atoms with Gasteiger partial charge in [0.05, 0.1) is 0 Å². The lowest BCUT2D eigenvalue weighted by molar-refractivity contribution is 0.537. The van der Waals surface area contributed by atoms with Crippen LogP contribution in [0.3, 0.4) is 0 Å². The standard InChI is InChI=1S/C22H22ClN/c23-21-14-12-20(13-15-21)22(16-7-17-24,18-8-3-1-4-9-18)19-10-5-2-6-11-19/h1-6,8-15H,7,16-17,24H2. The third kappa shape index (κ3) is 3.24. The molecule has 3 aromatic carbocycles. The Morgan fingerprint density at radius 2 is 1.12 bits per heavy atom. The summed E-state index contributed by atoms with van der Waals surface area (Å²) < 4.78 is 0. The van der Waals surface area contributed by atoms with Gasteiger partial charge >= 0.3 is 0 Å². The smallest absolute Gasteiger partial charge is 0.0451 e. The second-order valence-electron chi connectivity index (χ2n) is 6.04. The molecule has 3 aromatic rings. The first-order valence-corrected chi connectivity index (χ1v) is 8.72. The second-order valence-corrected chi connectivity index (χ2v) is 6.47. The molecule has 0 aliphatic carbocycles. The van der Waals surface area contributed by atoms with Crippen LogP contribution in [0.1, 0.15) is 29.5 Å². The zero-order chi connectivity index (χ0) is 16.8. The molecular formula is C22H22ClN. The molecule has 0 aromatic heterocycles. The molecule has 3 rings (SSSR count). The lowest BCUT2D eigenvalue weighted by atomic mass is 9.67. The Labute approximate surface area is 149 Å². The molecule has 0 aliphatic heterocycles. The lowest BCUT2D eigenvalue weighted by Gasteiger charge is -2.36. The van der Waals surface area contributed by atoms with Gasteiger partial charge in [-0.05, 0) is 48.2 Å². The maximum absolute atomic E-state index is 6.14. The van der Waals surface area contributed by atoms with Crippen molar-refractivity contribution >= 4 is 11.6 Å². The van der Waals surface area contributed by atoms with Crippen LogP contribution in [0.2, 0.25) is 5.02 Å². The summed E-state index contributed by atoms with van der Waals surface area (Å²) in [5.74, 6) is 0. The Hall–Kier alpha value is -2.09. The first kappa shape index (κ1) is 16.8. The van der Waals surface area contributed by atoms with E-state index in [1.165, 1.54) is 16.7 Å². The van der Waals surface area contributed by atoms with E-state index in [4.69, 9.17) is 17.3 Å². The van der Waals surface area contributed by atoms with Crippen LogP contribution in [0.15, 0.2) is 84.9 Å². The number of rotatable bonds is 6. The van der Waals surface area contributed by atoms with E-state index in [-0.39, 0.29) is 5.41 Å². The number of hydrogen-bond acceptors (Lipinski definition) is 1. The van der Waals surface area contributed by atoms with Crippen molar-refractivity contribution in [3.63, 3.8) is 0 Å². The van der Waals surface area contributed by atoms with Crippen molar-refractivity contribution in [1.29, 1.82) is 0 Å². The quantitative estimate of drug-likeness (QED) is 0.598. The van der Waals surface area contributed by atoms with Crippen LogP contribution in [0.25, 0.3) is 0 Å². The fourth-order valence-electron chi connectivity index (χ4n) is 3.48. The van der Waals surface area contributed by atoms with Crippen molar-refractivity contribution in [3.05, 3.63) is 107 Å². The monoisotopic (exact) mass is 335 g/mol. The van der Waals surface area contributed by atoms with Crippen molar-refractivity contribution in [2.45, 2.75) is 18.3 Å². The number of benzene rings is 3. The highest BCUT2D eigenvalue weighted by atomic mass is 35.5. The normalized spacial score (nSPS) is 11.4. The van der Waals surface area contributed by atoms with Crippen LogP contribution in [-0.2, 0) is 5.41 Å². The Kier molecular flexibility index (Phi) is 5.34. The third-order valence-corrected chi connectivity index (χ3v) is 4.88. The summed E-state index contributed by atoms with van der Waals surface area (Å²) in [7, 11) is 0. The summed E-state index contributed by atoms with van der Waals surface area (Å²) in [6, 6.07) is 29.6. The SMILES string of the molecule is NCCCC(c1ccccc1)(c1ccccc1)c1ccc(Cl)cc1. The summed E-state index contributed by atoms with van der Waals surface area (Å²) >= 11 is 6.14. The molecule has 0 bridgehead atoms. The van der Waals surface area contributed by atoms with Gasteiger partial charge in [-0.25, -0.2) is 0 Å². The van der Waals surface area contributed by atoms with E-state index in [2.05, 4.69) is 72.8 Å². The molecular weight excluding hydrogens is 314 g/mol. The summed E-state index contributed by atoms with van der Waals surface area (Å²) in [4.78, 5) is 0. The lowest BCUT2D eigenvalue weighted by Crippen LogP contribution is -2.30. The maximum atomic E-state index is 6.14. The van der Waals surface area contributed by atoms with Crippen molar-refractivity contribution < 1.29 is 0 Å². The fourth-order valence-corrected chi connectivity index (χ4v) is 3.61. The second kappa shape index (κ2) is 7.65. The number of hydrogen-bond donors (Lipinski definition) is 1. The molecule has 0 saturated heterocycles. The van der Waals surface area contributed by atoms with E-state index in [9.17, 15) is 0 Å². The van der Waals surface area contributed by atoms with Crippen molar-refractivity contribution in [2.24, 2.45) is 5.73 Å². The molecule has 122 valence electrons. The fraction of sp³-hybridized carbons (Fsp3) is 0.182. The molecule has 2 N–H and O–H groups in total. The zero-order valence-corrected chi connectivity index (χ0v) is 14.4. The molecule has 24 heavy (non-hydrogen) atoms. The van der Waals surface area contributed by atoms with Gasteiger partial charge in [-0.1, -0.05) is 84.4 Å². The van der Waals surface area contributed by atoms with Crippen LogP contribution < -0.4 is 5.73 Å². The molecule has 0 amide bonds. The Balaban J connectivity index is 2.26. The largest absolute Gasteiger partial charge is 0.330 e. The minimum atomic E-state index is -0.216. The summed E-state index contributed by atoms with van der Waals surface area (Å²) in [5, 5.41) is 0.757. The van der Waals surface area contributed by atoms with Gasteiger partial charge in [0.15, 0.2) is 0 Å². The average molecular weight is 336 g/mol. The van der Waals surface area contributed by atoms with Gasteiger partial charge in [0.25, 0.3) is 0 Å². The van der Waals surface area contributed by atoms with E-state index < -0.39 is 0 Å². The number of halogens is 1. The molecule has 0 radical (unpaired) electrons. The van der Waals surface area contributed by atoms with E-state index >= 15 is 0 Å². The predicted molar refractivity (Wildman–Crippen MR) is 103 cm³/mol. The van der Waals surface area contributed by atoms with Gasteiger partial charge in [-0.3, -0.25) is 0 Å². The van der Waals surface area contributed by atoms with Crippen LogP contribution >= 0.6 is 11.6 Å². The molecule has 0 unspecified atom stereocenters. The van der Waals surface area contributed by atoms with Gasteiger partial charge in [-0.2, -0.15) is 0 Å². The highest BCUT2D eigenvalue weighted by molar-refractivity contribution is 6.30.